The minimum absolute atomic E-state index is 0.326. The highest BCUT2D eigenvalue weighted by molar-refractivity contribution is 5.79. The maximum Gasteiger partial charge on any atom is 0.223 e. The molecule has 1 saturated carbocycles. The van der Waals surface area contributed by atoms with Gasteiger partial charge in [-0.25, -0.2) is 9.97 Å². The minimum Gasteiger partial charge on any atom is -0.370 e. The number of rotatable bonds is 5. The quantitative estimate of drug-likeness (QED) is 0.889. The molecule has 2 fully saturated rings. The molecule has 1 aliphatic carbocycles. The van der Waals surface area contributed by atoms with E-state index in [0.29, 0.717) is 24.3 Å². The lowest BCUT2D eigenvalue weighted by atomic mass is 10.1. The van der Waals surface area contributed by atoms with Gasteiger partial charge in [-0.3, -0.25) is 4.79 Å². The zero-order valence-electron chi connectivity index (χ0n) is 12.2. The van der Waals surface area contributed by atoms with Crippen molar-refractivity contribution in [3.63, 3.8) is 0 Å². The predicted octanol–water partition coefficient (Wildman–Crippen LogP) is 1.77. The van der Waals surface area contributed by atoms with Gasteiger partial charge in [0.2, 0.25) is 5.91 Å². The summed E-state index contributed by atoms with van der Waals surface area (Å²) in [5, 5.41) is 3.37. The lowest BCUT2D eigenvalue weighted by Crippen LogP contribution is -2.28. The van der Waals surface area contributed by atoms with E-state index in [1.807, 2.05) is 13.0 Å². The number of carbonyl (C=O) groups is 1. The number of nitrogens with zero attached hydrogens (tertiary/aromatic N) is 3. The van der Waals surface area contributed by atoms with Gasteiger partial charge in [-0.1, -0.05) is 6.92 Å². The predicted molar refractivity (Wildman–Crippen MR) is 77.5 cm³/mol. The summed E-state index contributed by atoms with van der Waals surface area (Å²) in [7, 11) is 0. The van der Waals surface area contributed by atoms with E-state index >= 15 is 0 Å². The Bertz CT molecular complexity index is 513. The monoisotopic (exact) mass is 274 g/mol. The SMILES string of the molecule is CCc1cc(NCC2CC(=O)N(C3CC3)C2)nc(C)n1. The van der Waals surface area contributed by atoms with Crippen molar-refractivity contribution < 1.29 is 4.79 Å². The number of hydrogen-bond acceptors (Lipinski definition) is 4. The topological polar surface area (TPSA) is 58.1 Å². The van der Waals surface area contributed by atoms with Gasteiger partial charge in [-0.05, 0) is 26.2 Å². The molecule has 1 unspecified atom stereocenters. The van der Waals surface area contributed by atoms with Crippen molar-refractivity contribution in [3.05, 3.63) is 17.6 Å². The molecule has 0 bridgehead atoms. The number of hydrogen-bond donors (Lipinski definition) is 1. The average Bonchev–Trinajstić information content (AvgIpc) is 3.20. The van der Waals surface area contributed by atoms with E-state index in [9.17, 15) is 4.79 Å². The van der Waals surface area contributed by atoms with Gasteiger partial charge in [0.25, 0.3) is 0 Å². The molecule has 1 atom stereocenters. The summed E-state index contributed by atoms with van der Waals surface area (Å²) >= 11 is 0. The van der Waals surface area contributed by atoms with Crippen molar-refractivity contribution in [2.24, 2.45) is 5.92 Å². The molecule has 5 heteroatoms. The van der Waals surface area contributed by atoms with E-state index in [1.54, 1.807) is 0 Å². The Morgan fingerprint density at radius 3 is 2.90 bits per heavy atom. The van der Waals surface area contributed by atoms with Crippen LogP contribution >= 0.6 is 0 Å². The van der Waals surface area contributed by atoms with Crippen LogP contribution in [0.15, 0.2) is 6.07 Å². The fraction of sp³-hybridized carbons (Fsp3) is 0.667. The van der Waals surface area contributed by atoms with Gasteiger partial charge in [-0.15, -0.1) is 0 Å². The van der Waals surface area contributed by atoms with Crippen LogP contribution in [0.3, 0.4) is 0 Å². The molecule has 5 nitrogen and oxygen atoms in total. The molecule has 0 radical (unpaired) electrons. The molecular weight excluding hydrogens is 252 g/mol. The first kappa shape index (κ1) is 13.3. The van der Waals surface area contributed by atoms with Crippen LogP contribution in [0.4, 0.5) is 5.82 Å². The second-order valence-electron chi connectivity index (χ2n) is 5.87. The van der Waals surface area contributed by atoms with E-state index < -0.39 is 0 Å². The van der Waals surface area contributed by atoms with Gasteiger partial charge in [0, 0.05) is 43.2 Å². The Labute approximate surface area is 119 Å². The average molecular weight is 274 g/mol. The van der Waals surface area contributed by atoms with E-state index in [2.05, 4.69) is 27.1 Å². The van der Waals surface area contributed by atoms with Crippen molar-refractivity contribution in [2.75, 3.05) is 18.4 Å². The number of aromatic nitrogens is 2. The maximum atomic E-state index is 11.9. The van der Waals surface area contributed by atoms with Crippen LogP contribution in [-0.2, 0) is 11.2 Å². The Kier molecular flexibility index (Phi) is 3.59. The molecule has 20 heavy (non-hydrogen) atoms. The summed E-state index contributed by atoms with van der Waals surface area (Å²) in [6, 6.07) is 2.54. The molecule has 2 heterocycles. The highest BCUT2D eigenvalue weighted by Gasteiger charge is 2.39. The molecule has 108 valence electrons. The van der Waals surface area contributed by atoms with Crippen LogP contribution in [0.25, 0.3) is 0 Å². The smallest absolute Gasteiger partial charge is 0.223 e. The lowest BCUT2D eigenvalue weighted by Gasteiger charge is -2.16. The fourth-order valence-corrected chi connectivity index (χ4v) is 2.83. The summed E-state index contributed by atoms with van der Waals surface area (Å²) in [6.45, 7) is 5.72. The van der Waals surface area contributed by atoms with E-state index in [1.165, 1.54) is 12.8 Å². The molecule has 1 amide bonds. The molecule has 1 N–H and O–H groups in total. The van der Waals surface area contributed by atoms with E-state index in [0.717, 1.165) is 36.8 Å². The number of nitrogens with one attached hydrogen (secondary N) is 1. The maximum absolute atomic E-state index is 11.9. The Balaban J connectivity index is 1.57. The Hall–Kier alpha value is -1.65. The second-order valence-corrected chi connectivity index (χ2v) is 5.87. The van der Waals surface area contributed by atoms with Gasteiger partial charge in [0.15, 0.2) is 0 Å². The number of amides is 1. The molecule has 0 aromatic carbocycles. The molecule has 2 aliphatic rings. The summed E-state index contributed by atoms with van der Waals surface area (Å²) in [6.07, 6.45) is 3.97. The van der Waals surface area contributed by atoms with Gasteiger partial charge in [0.1, 0.15) is 11.6 Å². The fourth-order valence-electron chi connectivity index (χ4n) is 2.83. The van der Waals surface area contributed by atoms with Gasteiger partial charge >= 0.3 is 0 Å². The molecule has 3 rings (SSSR count). The van der Waals surface area contributed by atoms with Gasteiger partial charge in [-0.2, -0.15) is 0 Å². The summed E-state index contributed by atoms with van der Waals surface area (Å²) in [5.41, 5.74) is 1.06. The van der Waals surface area contributed by atoms with E-state index in [-0.39, 0.29) is 0 Å². The van der Waals surface area contributed by atoms with Gasteiger partial charge in [0.05, 0.1) is 0 Å². The van der Waals surface area contributed by atoms with Gasteiger partial charge < -0.3 is 10.2 Å². The third kappa shape index (κ3) is 2.92. The number of likely N-dealkylation sites (tertiary alicyclic amines) is 1. The largest absolute Gasteiger partial charge is 0.370 e. The highest BCUT2D eigenvalue weighted by Crippen LogP contribution is 2.32. The molecule has 1 aromatic rings. The summed E-state index contributed by atoms with van der Waals surface area (Å²) < 4.78 is 0. The van der Waals surface area contributed by atoms with Crippen molar-refractivity contribution in [1.82, 2.24) is 14.9 Å². The van der Waals surface area contributed by atoms with Crippen LogP contribution in [0.2, 0.25) is 0 Å². The summed E-state index contributed by atoms with van der Waals surface area (Å²) in [4.78, 5) is 22.8. The molecular formula is C15H22N4O. The van der Waals surface area contributed by atoms with Crippen molar-refractivity contribution in [3.8, 4) is 0 Å². The van der Waals surface area contributed by atoms with Crippen molar-refractivity contribution in [2.45, 2.75) is 45.6 Å². The van der Waals surface area contributed by atoms with Crippen LogP contribution in [-0.4, -0.2) is 39.9 Å². The molecule has 1 aliphatic heterocycles. The number of aryl methyl sites for hydroxylation is 2. The lowest BCUT2D eigenvalue weighted by molar-refractivity contribution is -0.128. The normalized spacial score (nSPS) is 22.4. The minimum atomic E-state index is 0.326. The molecule has 0 spiro atoms. The highest BCUT2D eigenvalue weighted by atomic mass is 16.2. The zero-order chi connectivity index (χ0) is 14.1. The molecule has 1 saturated heterocycles. The Morgan fingerprint density at radius 1 is 1.40 bits per heavy atom. The molecule has 1 aromatic heterocycles. The Morgan fingerprint density at radius 2 is 2.20 bits per heavy atom. The summed E-state index contributed by atoms with van der Waals surface area (Å²) in [5.74, 6) is 2.41. The third-order valence-electron chi connectivity index (χ3n) is 4.05. The number of anilines is 1. The first-order valence-corrected chi connectivity index (χ1v) is 7.53. The van der Waals surface area contributed by atoms with Crippen LogP contribution in [0.1, 0.15) is 37.7 Å². The zero-order valence-corrected chi connectivity index (χ0v) is 12.2. The number of carbonyl (C=O) groups excluding carboxylic acids is 1. The first-order chi connectivity index (χ1) is 9.65. The second kappa shape index (κ2) is 5.38. The van der Waals surface area contributed by atoms with Crippen LogP contribution in [0, 0.1) is 12.8 Å². The van der Waals surface area contributed by atoms with Crippen LogP contribution in [0.5, 0.6) is 0 Å². The standard InChI is InChI=1S/C15H22N4O/c1-3-12-7-14(18-10(2)17-12)16-8-11-6-15(20)19(9-11)13-4-5-13/h7,11,13H,3-6,8-9H2,1-2H3,(H,16,17,18). The third-order valence-corrected chi connectivity index (χ3v) is 4.05. The first-order valence-electron chi connectivity index (χ1n) is 7.53. The van der Waals surface area contributed by atoms with Crippen molar-refractivity contribution in [1.29, 1.82) is 0 Å². The van der Waals surface area contributed by atoms with E-state index in [4.69, 9.17) is 0 Å². The van der Waals surface area contributed by atoms with Crippen molar-refractivity contribution >= 4 is 11.7 Å². The van der Waals surface area contributed by atoms with Crippen LogP contribution < -0.4 is 5.32 Å².